The van der Waals surface area contributed by atoms with Crippen molar-refractivity contribution in [1.82, 2.24) is 30.0 Å². The quantitative estimate of drug-likeness (QED) is 0.0869. The number of pyridine rings is 2. The van der Waals surface area contributed by atoms with Gasteiger partial charge in [-0.15, -0.1) is 0 Å². The van der Waals surface area contributed by atoms with Crippen molar-refractivity contribution in [2.75, 3.05) is 36.8 Å². The fourth-order valence-electron chi connectivity index (χ4n) is 10.1. The largest absolute Gasteiger partial charge is 0.478 e. The molecule has 4 bridgehead atoms. The highest BCUT2D eigenvalue weighted by atomic mass is 35.5. The zero-order valence-electron chi connectivity index (χ0n) is 41.6. The van der Waals surface area contributed by atoms with Crippen LogP contribution in [0.15, 0.2) is 134 Å². The third-order valence-electron chi connectivity index (χ3n) is 13.4. The third-order valence-corrected chi connectivity index (χ3v) is 14.0. The molecular weight excluding hydrogens is 998 g/mol. The third kappa shape index (κ3) is 15.0. The summed E-state index contributed by atoms with van der Waals surface area (Å²) in [6, 6.07) is 29.4. The van der Waals surface area contributed by atoms with E-state index in [9.17, 15) is 28.0 Å². The zero-order valence-corrected chi connectivity index (χ0v) is 43.1. The summed E-state index contributed by atoms with van der Waals surface area (Å²) in [5, 5.41) is 18.8. The summed E-state index contributed by atoms with van der Waals surface area (Å²) < 4.78 is 26.0. The number of anilines is 2. The number of nitrogens with one attached hydrogen (secondary N) is 3. The summed E-state index contributed by atoms with van der Waals surface area (Å²) in [7, 11) is 0. The van der Waals surface area contributed by atoms with Gasteiger partial charge in [-0.05, 0) is 121 Å². The number of carboxylic acid groups (broad SMARTS) is 1. The number of aliphatic carboxylic acids is 1. The zero-order chi connectivity index (χ0) is 53.0. The standard InChI is InChI=1S/C29H28ClFN4O2.C16H13ClN2O3.C13H17FN2/c1-19(36)33-28-14-27(30)26(22-3-2-12-32-15-22)13-21(28)6-11-29(37)35-24-9-10-25(35)18-34(17-24)16-20-4-7-23(31)8-5-20;1-10(20)19-15-8-14(17)13(12-3-2-6-18-9-12)7-11(15)4-5-16(21)22;14-11-3-1-10(2-4-11)7-16-8-12-5-6-13(9-16)15-12/h2-8,11-15,24-25H,9-10,16-18H2,1H3,(H,33,36);2-9H,1H3,(H,19,20)(H,21,22);1-4,12-13,15H,5-9H2/b11-6+;5-4+;. The minimum absolute atomic E-state index is 0.0411. The number of likely N-dealkylation sites (tertiary alicyclic amines) is 2. The van der Waals surface area contributed by atoms with Crippen molar-refractivity contribution >= 4 is 70.4 Å². The molecule has 0 aliphatic carbocycles. The molecule has 13 nitrogen and oxygen atoms in total. The first kappa shape index (κ1) is 54.1. The summed E-state index contributed by atoms with van der Waals surface area (Å²) >= 11 is 12.8. The van der Waals surface area contributed by atoms with Crippen LogP contribution in [0.2, 0.25) is 10.0 Å². The number of hydrogen-bond donors (Lipinski definition) is 4. The number of nitrogens with zero attached hydrogens (tertiary/aromatic N) is 5. The first-order valence-corrected chi connectivity index (χ1v) is 25.5. The van der Waals surface area contributed by atoms with Gasteiger partial charge in [0, 0.05) is 148 Å². The smallest absolute Gasteiger partial charge is 0.328 e. The van der Waals surface area contributed by atoms with E-state index in [1.165, 1.54) is 50.5 Å². The molecule has 17 heteroatoms. The van der Waals surface area contributed by atoms with Gasteiger partial charge >= 0.3 is 5.97 Å². The van der Waals surface area contributed by atoms with E-state index in [-0.39, 0.29) is 41.4 Å². The number of carboxylic acids is 1. The number of carbonyl (C=O) groups excluding carboxylic acids is 3. The minimum Gasteiger partial charge on any atom is -0.478 e. The van der Waals surface area contributed by atoms with Crippen molar-refractivity contribution in [3.63, 3.8) is 0 Å². The van der Waals surface area contributed by atoms with Crippen LogP contribution >= 0.6 is 23.2 Å². The molecule has 388 valence electrons. The molecule has 4 N–H and O–H groups in total. The minimum atomic E-state index is -1.08. The molecule has 4 fully saturated rings. The summed E-state index contributed by atoms with van der Waals surface area (Å²) in [5.74, 6) is -1.99. The molecule has 4 unspecified atom stereocenters. The topological polar surface area (TPSA) is 160 Å². The van der Waals surface area contributed by atoms with E-state index in [0.717, 1.165) is 80.4 Å². The van der Waals surface area contributed by atoms with E-state index in [2.05, 4.69) is 35.7 Å². The second-order valence-electron chi connectivity index (χ2n) is 19.1. The van der Waals surface area contributed by atoms with Crippen LogP contribution in [0.1, 0.15) is 61.8 Å². The van der Waals surface area contributed by atoms with Crippen LogP contribution in [-0.4, -0.2) is 104 Å². The Kier molecular flexibility index (Phi) is 18.3. The molecule has 75 heavy (non-hydrogen) atoms. The van der Waals surface area contributed by atoms with E-state index in [4.69, 9.17) is 28.3 Å². The predicted octanol–water partition coefficient (Wildman–Crippen LogP) is 10.6. The van der Waals surface area contributed by atoms with Crippen LogP contribution in [0, 0.1) is 11.6 Å². The Labute approximate surface area is 445 Å². The molecule has 4 aliphatic heterocycles. The SMILES string of the molecule is CC(=O)Nc1cc(Cl)c(-c2cccnc2)cc1/C=C/C(=O)N1C2CCC1CN(Cc1ccc(F)cc1)C2.CC(=O)Nc1cc(Cl)c(-c2cccnc2)cc1/C=C/C(=O)O.Fc1ccc(CN2CC3CCC(C2)N3)cc1. The Morgan fingerprint density at radius 2 is 1.08 bits per heavy atom. The number of halogens is 4. The van der Waals surface area contributed by atoms with E-state index in [0.29, 0.717) is 50.2 Å². The van der Waals surface area contributed by atoms with Gasteiger partial charge in [-0.2, -0.15) is 0 Å². The molecule has 3 amide bonds. The molecule has 6 heterocycles. The number of piperazine rings is 2. The molecule has 4 aromatic carbocycles. The average Bonchev–Trinajstić information content (AvgIpc) is 3.87. The molecule has 4 saturated heterocycles. The summed E-state index contributed by atoms with van der Waals surface area (Å²) in [6.07, 6.45) is 17.0. The number of rotatable bonds is 12. The van der Waals surface area contributed by atoms with Crippen molar-refractivity contribution < 1.29 is 33.1 Å². The number of benzene rings is 4. The van der Waals surface area contributed by atoms with Crippen molar-refractivity contribution in [3.8, 4) is 22.3 Å². The number of carbonyl (C=O) groups is 4. The number of fused-ring (bicyclic) bond motifs is 4. The Bertz CT molecular complexity index is 3010. The van der Waals surface area contributed by atoms with Gasteiger partial charge in [0.2, 0.25) is 17.7 Å². The molecule has 0 saturated carbocycles. The lowest BCUT2D eigenvalue weighted by molar-refractivity contribution is -0.132. The van der Waals surface area contributed by atoms with Gasteiger partial charge in [0.05, 0.1) is 10.0 Å². The number of hydrogen-bond acceptors (Lipinski definition) is 9. The molecule has 2 aromatic heterocycles. The second-order valence-corrected chi connectivity index (χ2v) is 19.9. The maximum absolute atomic E-state index is 13.3. The molecule has 10 rings (SSSR count). The van der Waals surface area contributed by atoms with Gasteiger partial charge in [-0.1, -0.05) is 59.6 Å². The van der Waals surface area contributed by atoms with Gasteiger partial charge in [-0.3, -0.25) is 34.2 Å². The fourth-order valence-corrected chi connectivity index (χ4v) is 10.7. The monoisotopic (exact) mass is 1050 g/mol. The lowest BCUT2D eigenvalue weighted by Crippen LogP contribution is -2.55. The maximum Gasteiger partial charge on any atom is 0.328 e. The molecule has 4 atom stereocenters. The van der Waals surface area contributed by atoms with Gasteiger partial charge in [0.15, 0.2) is 0 Å². The molecular formula is C58H58Cl2F2N8O5. The van der Waals surface area contributed by atoms with Crippen LogP contribution < -0.4 is 16.0 Å². The fraction of sp³-hybridized carbons (Fsp3) is 0.276. The molecule has 0 spiro atoms. The van der Waals surface area contributed by atoms with Crippen molar-refractivity contribution in [2.24, 2.45) is 0 Å². The summed E-state index contributed by atoms with van der Waals surface area (Å²) in [5.41, 5.74) is 7.61. The lowest BCUT2D eigenvalue weighted by atomic mass is 10.0. The van der Waals surface area contributed by atoms with E-state index < -0.39 is 5.97 Å². The Balaban J connectivity index is 0.000000166. The van der Waals surface area contributed by atoms with Crippen LogP contribution in [0.4, 0.5) is 20.2 Å². The average molecular weight is 1060 g/mol. The number of aromatic nitrogens is 2. The highest BCUT2D eigenvalue weighted by molar-refractivity contribution is 6.34. The maximum atomic E-state index is 13.3. The van der Waals surface area contributed by atoms with Crippen molar-refractivity contribution in [1.29, 1.82) is 0 Å². The van der Waals surface area contributed by atoms with Crippen LogP contribution in [0.5, 0.6) is 0 Å². The molecule has 6 aromatic rings. The molecule has 0 radical (unpaired) electrons. The first-order chi connectivity index (χ1) is 36.1. The Morgan fingerprint density at radius 3 is 1.49 bits per heavy atom. The number of amides is 3. The highest BCUT2D eigenvalue weighted by Gasteiger charge is 2.41. The normalized spacial score (nSPS) is 19.0. The van der Waals surface area contributed by atoms with Crippen LogP contribution in [0.25, 0.3) is 34.4 Å². The van der Waals surface area contributed by atoms with Crippen molar-refractivity contribution in [2.45, 2.75) is 76.8 Å². The van der Waals surface area contributed by atoms with Crippen LogP contribution in [0.3, 0.4) is 0 Å². The van der Waals surface area contributed by atoms with Gasteiger partial charge in [0.1, 0.15) is 11.6 Å². The first-order valence-electron chi connectivity index (χ1n) is 24.8. The summed E-state index contributed by atoms with van der Waals surface area (Å²) in [6.45, 7) is 8.34. The van der Waals surface area contributed by atoms with Crippen LogP contribution in [-0.2, 0) is 32.3 Å². The van der Waals surface area contributed by atoms with Gasteiger partial charge in [-0.25, -0.2) is 13.6 Å². The van der Waals surface area contributed by atoms with Gasteiger partial charge < -0.3 is 26.0 Å². The molecule has 4 aliphatic rings. The highest BCUT2D eigenvalue weighted by Crippen LogP contribution is 2.36. The Hall–Kier alpha value is -7.14. The van der Waals surface area contributed by atoms with E-state index >= 15 is 0 Å². The lowest BCUT2D eigenvalue weighted by Gasteiger charge is -2.40. The van der Waals surface area contributed by atoms with Gasteiger partial charge in [0.25, 0.3) is 0 Å². The predicted molar refractivity (Wildman–Crippen MR) is 291 cm³/mol. The second kappa shape index (κ2) is 25.4. The van der Waals surface area contributed by atoms with E-state index in [1.54, 1.807) is 73.3 Å². The van der Waals surface area contributed by atoms with E-state index in [1.807, 2.05) is 53.4 Å². The van der Waals surface area contributed by atoms with Crippen molar-refractivity contribution in [3.05, 3.63) is 178 Å². The summed E-state index contributed by atoms with van der Waals surface area (Å²) in [4.78, 5) is 62.2. The Morgan fingerprint density at radius 1 is 0.640 bits per heavy atom.